The number of hydrogen-bond donors (Lipinski definition) is 1. The first kappa shape index (κ1) is 16.6. The second kappa shape index (κ2) is 7.13. The normalized spacial score (nSPS) is 10.4. The molecule has 0 aliphatic carbocycles. The largest absolute Gasteiger partial charge is 0.344 e. The third-order valence-corrected chi connectivity index (χ3v) is 3.99. The summed E-state index contributed by atoms with van der Waals surface area (Å²) in [5.41, 5.74) is 3.13. The van der Waals surface area contributed by atoms with E-state index >= 15 is 0 Å². The Bertz CT molecular complexity index is 896. The lowest BCUT2D eigenvalue weighted by molar-refractivity contribution is 0.102. The molecule has 0 radical (unpaired) electrons. The van der Waals surface area contributed by atoms with Gasteiger partial charge in [0.25, 0.3) is 5.91 Å². The van der Waals surface area contributed by atoms with Crippen molar-refractivity contribution in [3.63, 3.8) is 0 Å². The Morgan fingerprint density at radius 3 is 2.52 bits per heavy atom. The van der Waals surface area contributed by atoms with E-state index in [0.29, 0.717) is 16.8 Å². The van der Waals surface area contributed by atoms with E-state index < -0.39 is 0 Å². The number of hydrogen-bond acceptors (Lipinski definition) is 3. The van der Waals surface area contributed by atoms with E-state index in [0.717, 1.165) is 11.4 Å². The number of nitrogens with zero attached hydrogens (tertiary/aromatic N) is 2. The van der Waals surface area contributed by atoms with Crippen molar-refractivity contribution < 1.29 is 9.18 Å². The minimum Gasteiger partial charge on any atom is -0.344 e. The molecule has 3 rings (SSSR count). The Morgan fingerprint density at radius 1 is 1.08 bits per heavy atom. The summed E-state index contributed by atoms with van der Waals surface area (Å²) < 4.78 is 13.7. The minimum absolute atomic E-state index is 0.292. The Hall–Kier alpha value is -3.21. The number of pyridine rings is 1. The molecule has 0 saturated heterocycles. The molecule has 4 nitrogen and oxygen atoms in total. The van der Waals surface area contributed by atoms with E-state index in [2.05, 4.69) is 10.3 Å². The molecule has 25 heavy (non-hydrogen) atoms. The standard InChI is InChI=1S/C20H18FN3O/c1-14-7-8-15(13-18(14)21)23-20(25)17-5-3-4-6-19(17)24(2)16-9-11-22-12-10-16/h3-13H,1-2H3,(H,23,25). The smallest absolute Gasteiger partial charge is 0.257 e. The molecule has 1 N–H and O–H groups in total. The molecule has 0 aliphatic rings. The predicted molar refractivity (Wildman–Crippen MR) is 97.8 cm³/mol. The summed E-state index contributed by atoms with van der Waals surface area (Å²) >= 11 is 0. The summed E-state index contributed by atoms with van der Waals surface area (Å²) in [5, 5.41) is 2.76. The van der Waals surface area contributed by atoms with E-state index in [9.17, 15) is 9.18 Å². The summed E-state index contributed by atoms with van der Waals surface area (Å²) in [6.45, 7) is 1.68. The van der Waals surface area contributed by atoms with E-state index in [4.69, 9.17) is 0 Å². The number of carbonyl (C=O) groups excluding carboxylic acids is 1. The molecule has 0 bridgehead atoms. The van der Waals surface area contributed by atoms with Gasteiger partial charge in [-0.2, -0.15) is 0 Å². The number of aromatic nitrogens is 1. The monoisotopic (exact) mass is 335 g/mol. The van der Waals surface area contributed by atoms with Crippen LogP contribution in [0.3, 0.4) is 0 Å². The molecule has 0 atom stereocenters. The van der Waals surface area contributed by atoms with Crippen molar-refractivity contribution in [3.8, 4) is 0 Å². The number of benzene rings is 2. The molecule has 126 valence electrons. The maximum atomic E-state index is 13.7. The lowest BCUT2D eigenvalue weighted by atomic mass is 10.1. The lowest BCUT2D eigenvalue weighted by Crippen LogP contribution is -2.18. The van der Waals surface area contributed by atoms with Gasteiger partial charge in [-0.25, -0.2) is 4.39 Å². The van der Waals surface area contributed by atoms with Crippen LogP contribution in [-0.2, 0) is 0 Å². The summed E-state index contributed by atoms with van der Waals surface area (Å²) in [7, 11) is 1.88. The number of aryl methyl sites for hydroxylation is 1. The van der Waals surface area contributed by atoms with Gasteiger partial charge in [0.1, 0.15) is 5.82 Å². The van der Waals surface area contributed by atoms with Crippen LogP contribution in [0.5, 0.6) is 0 Å². The lowest BCUT2D eigenvalue weighted by Gasteiger charge is -2.22. The van der Waals surface area contributed by atoms with Crippen LogP contribution in [0.4, 0.5) is 21.5 Å². The first-order chi connectivity index (χ1) is 12.1. The van der Waals surface area contributed by atoms with Gasteiger partial charge in [-0.05, 0) is 48.9 Å². The average Bonchev–Trinajstić information content (AvgIpc) is 2.65. The highest BCUT2D eigenvalue weighted by atomic mass is 19.1. The Labute approximate surface area is 145 Å². The molecular formula is C20H18FN3O. The Morgan fingerprint density at radius 2 is 1.80 bits per heavy atom. The molecule has 0 spiro atoms. The number of para-hydroxylation sites is 1. The molecule has 0 saturated carbocycles. The summed E-state index contributed by atoms with van der Waals surface area (Å²) in [5.74, 6) is -0.639. The van der Waals surface area contributed by atoms with Crippen LogP contribution in [-0.4, -0.2) is 17.9 Å². The highest BCUT2D eigenvalue weighted by Gasteiger charge is 2.15. The average molecular weight is 335 g/mol. The Balaban J connectivity index is 1.89. The number of rotatable bonds is 4. The molecular weight excluding hydrogens is 317 g/mol. The zero-order chi connectivity index (χ0) is 17.8. The molecule has 0 fully saturated rings. The molecule has 0 aliphatic heterocycles. The highest BCUT2D eigenvalue weighted by Crippen LogP contribution is 2.27. The van der Waals surface area contributed by atoms with Crippen LogP contribution in [0.2, 0.25) is 0 Å². The topological polar surface area (TPSA) is 45.2 Å². The van der Waals surface area contributed by atoms with Gasteiger partial charge in [0.05, 0.1) is 11.3 Å². The molecule has 1 amide bonds. The number of carbonyl (C=O) groups is 1. The molecule has 0 unspecified atom stereocenters. The first-order valence-electron chi connectivity index (χ1n) is 7.86. The third kappa shape index (κ3) is 3.66. The van der Waals surface area contributed by atoms with Gasteiger partial charge in [0.15, 0.2) is 0 Å². The van der Waals surface area contributed by atoms with Gasteiger partial charge in [0.2, 0.25) is 0 Å². The fourth-order valence-electron chi connectivity index (χ4n) is 2.53. The quantitative estimate of drug-likeness (QED) is 0.761. The first-order valence-corrected chi connectivity index (χ1v) is 7.86. The van der Waals surface area contributed by atoms with E-state index in [1.807, 2.05) is 36.2 Å². The number of amides is 1. The third-order valence-electron chi connectivity index (χ3n) is 3.99. The van der Waals surface area contributed by atoms with Gasteiger partial charge in [-0.1, -0.05) is 18.2 Å². The van der Waals surface area contributed by atoms with Crippen LogP contribution < -0.4 is 10.2 Å². The molecule has 5 heteroatoms. The highest BCUT2D eigenvalue weighted by molar-refractivity contribution is 6.08. The number of nitrogens with one attached hydrogen (secondary N) is 1. The molecule has 2 aromatic carbocycles. The van der Waals surface area contributed by atoms with Crippen LogP contribution in [0.15, 0.2) is 67.0 Å². The van der Waals surface area contributed by atoms with Crippen molar-refractivity contribution in [2.24, 2.45) is 0 Å². The van der Waals surface area contributed by atoms with Crippen LogP contribution >= 0.6 is 0 Å². The van der Waals surface area contributed by atoms with Gasteiger partial charge in [0, 0.05) is 30.8 Å². The minimum atomic E-state index is -0.347. The van der Waals surface area contributed by atoms with Crippen LogP contribution in [0.25, 0.3) is 0 Å². The maximum absolute atomic E-state index is 13.7. The van der Waals surface area contributed by atoms with E-state index in [1.165, 1.54) is 6.07 Å². The fraction of sp³-hybridized carbons (Fsp3) is 0.100. The van der Waals surface area contributed by atoms with Crippen LogP contribution in [0.1, 0.15) is 15.9 Å². The van der Waals surface area contributed by atoms with Gasteiger partial charge in [-0.3, -0.25) is 9.78 Å². The molecule has 1 aromatic heterocycles. The summed E-state index contributed by atoms with van der Waals surface area (Å²) in [6.07, 6.45) is 3.40. The van der Waals surface area contributed by atoms with E-state index in [-0.39, 0.29) is 11.7 Å². The zero-order valence-corrected chi connectivity index (χ0v) is 14.0. The van der Waals surface area contributed by atoms with Crippen LogP contribution in [0, 0.1) is 12.7 Å². The molecule has 1 heterocycles. The second-order valence-corrected chi connectivity index (χ2v) is 5.70. The van der Waals surface area contributed by atoms with Crippen molar-refractivity contribution in [2.75, 3.05) is 17.3 Å². The van der Waals surface area contributed by atoms with Gasteiger partial charge < -0.3 is 10.2 Å². The van der Waals surface area contributed by atoms with Crippen molar-refractivity contribution >= 4 is 23.0 Å². The van der Waals surface area contributed by atoms with Crippen molar-refractivity contribution in [2.45, 2.75) is 6.92 Å². The zero-order valence-electron chi connectivity index (χ0n) is 14.0. The number of anilines is 3. The maximum Gasteiger partial charge on any atom is 0.257 e. The van der Waals surface area contributed by atoms with Gasteiger partial charge in [-0.15, -0.1) is 0 Å². The number of halogens is 1. The Kier molecular flexibility index (Phi) is 4.75. The van der Waals surface area contributed by atoms with Crippen molar-refractivity contribution in [1.29, 1.82) is 0 Å². The van der Waals surface area contributed by atoms with Crippen molar-refractivity contribution in [1.82, 2.24) is 4.98 Å². The SMILES string of the molecule is Cc1ccc(NC(=O)c2ccccc2N(C)c2ccncc2)cc1F. The van der Waals surface area contributed by atoms with E-state index in [1.54, 1.807) is 43.6 Å². The summed E-state index contributed by atoms with van der Waals surface area (Å²) in [4.78, 5) is 18.6. The van der Waals surface area contributed by atoms with Gasteiger partial charge >= 0.3 is 0 Å². The molecule has 3 aromatic rings. The predicted octanol–water partition coefficient (Wildman–Crippen LogP) is 4.55. The van der Waals surface area contributed by atoms with Crippen molar-refractivity contribution in [3.05, 3.63) is 83.9 Å². The fourth-order valence-corrected chi connectivity index (χ4v) is 2.53. The summed E-state index contributed by atoms with van der Waals surface area (Å²) in [6, 6.07) is 15.7. The second-order valence-electron chi connectivity index (χ2n) is 5.70.